The molecule has 0 radical (unpaired) electrons. The number of hydrogen-bond donors (Lipinski definition) is 1. The topological polar surface area (TPSA) is 37.3 Å². The summed E-state index contributed by atoms with van der Waals surface area (Å²) in [6.45, 7) is 0. The molecule has 0 unspecified atom stereocenters. The molecule has 0 saturated heterocycles. The van der Waals surface area contributed by atoms with Gasteiger partial charge in [0.15, 0.2) is 0 Å². The molecule has 0 amide bonds. The lowest BCUT2D eigenvalue weighted by Gasteiger charge is -2.06. The monoisotopic (exact) mass is 352 g/mol. The molecule has 0 spiro atoms. The largest absolute Gasteiger partial charge is 0.480 e. The molecular formula is C15H13IO2. The summed E-state index contributed by atoms with van der Waals surface area (Å²) in [6, 6.07) is 18.2. The van der Waals surface area contributed by atoms with Crippen molar-refractivity contribution in [1.82, 2.24) is 0 Å². The summed E-state index contributed by atoms with van der Waals surface area (Å²) < 4.78 is -0.370. The molecule has 0 saturated carbocycles. The molecule has 3 heteroatoms. The summed E-state index contributed by atoms with van der Waals surface area (Å²) in [5.74, 6) is -0.761. The Labute approximate surface area is 120 Å². The van der Waals surface area contributed by atoms with Crippen molar-refractivity contribution >= 4 is 28.6 Å². The first-order valence-electron chi connectivity index (χ1n) is 5.68. The van der Waals surface area contributed by atoms with E-state index in [-0.39, 0.29) is 3.92 Å². The minimum absolute atomic E-state index is 0.370. The van der Waals surface area contributed by atoms with Gasteiger partial charge in [0.05, 0.1) is 0 Å². The van der Waals surface area contributed by atoms with E-state index in [1.807, 2.05) is 65.1 Å². The highest BCUT2D eigenvalue weighted by molar-refractivity contribution is 14.1. The SMILES string of the molecule is O=C(O)[C@@H](I)Cc1ccc(-c2ccccc2)cc1. The van der Waals surface area contributed by atoms with Crippen LogP contribution in [0.3, 0.4) is 0 Å². The van der Waals surface area contributed by atoms with Crippen LogP contribution in [0, 0.1) is 0 Å². The highest BCUT2D eigenvalue weighted by atomic mass is 127. The van der Waals surface area contributed by atoms with E-state index in [4.69, 9.17) is 5.11 Å². The third-order valence-corrected chi connectivity index (χ3v) is 3.72. The fourth-order valence-electron chi connectivity index (χ4n) is 1.76. The van der Waals surface area contributed by atoms with Crippen LogP contribution in [0.15, 0.2) is 54.6 Å². The molecule has 0 bridgehead atoms. The van der Waals surface area contributed by atoms with E-state index in [1.165, 1.54) is 5.56 Å². The number of alkyl halides is 1. The third-order valence-electron chi connectivity index (χ3n) is 2.74. The van der Waals surface area contributed by atoms with E-state index < -0.39 is 5.97 Å². The molecular weight excluding hydrogens is 339 g/mol. The Morgan fingerprint density at radius 2 is 1.56 bits per heavy atom. The van der Waals surface area contributed by atoms with E-state index in [9.17, 15) is 4.79 Å². The molecule has 2 aromatic rings. The zero-order valence-electron chi connectivity index (χ0n) is 9.71. The number of halogens is 1. The van der Waals surface area contributed by atoms with Crippen LogP contribution in [-0.4, -0.2) is 15.0 Å². The van der Waals surface area contributed by atoms with Gasteiger partial charge < -0.3 is 5.11 Å². The molecule has 0 aliphatic rings. The third kappa shape index (κ3) is 3.32. The zero-order chi connectivity index (χ0) is 13.0. The van der Waals surface area contributed by atoms with Gasteiger partial charge in [-0.2, -0.15) is 0 Å². The van der Waals surface area contributed by atoms with E-state index in [1.54, 1.807) is 0 Å². The summed E-state index contributed by atoms with van der Waals surface area (Å²) in [6.07, 6.45) is 0.560. The second kappa shape index (κ2) is 6.00. The Bertz CT molecular complexity index is 520. The fraction of sp³-hybridized carbons (Fsp3) is 0.133. The second-order valence-corrected chi connectivity index (χ2v) is 5.58. The van der Waals surface area contributed by atoms with Gasteiger partial charge in [0.1, 0.15) is 3.92 Å². The zero-order valence-corrected chi connectivity index (χ0v) is 11.9. The molecule has 0 aliphatic heterocycles. The molecule has 0 aliphatic carbocycles. The normalized spacial score (nSPS) is 12.1. The maximum Gasteiger partial charge on any atom is 0.316 e. The van der Waals surface area contributed by atoms with Gasteiger partial charge in [-0.15, -0.1) is 0 Å². The van der Waals surface area contributed by atoms with Gasteiger partial charge in [-0.05, 0) is 23.1 Å². The number of carbonyl (C=O) groups is 1. The van der Waals surface area contributed by atoms with Crippen molar-refractivity contribution in [2.24, 2.45) is 0 Å². The summed E-state index contributed by atoms with van der Waals surface area (Å²) in [7, 11) is 0. The minimum atomic E-state index is -0.761. The van der Waals surface area contributed by atoms with Gasteiger partial charge in [-0.25, -0.2) is 0 Å². The standard InChI is InChI=1S/C15H13IO2/c16-14(15(17)18)10-11-6-8-13(9-7-11)12-4-2-1-3-5-12/h1-9,14H,10H2,(H,17,18)/t14-/m0/s1. The van der Waals surface area contributed by atoms with Crippen molar-refractivity contribution in [3.63, 3.8) is 0 Å². The predicted molar refractivity (Wildman–Crippen MR) is 81.0 cm³/mol. The molecule has 2 aromatic carbocycles. The molecule has 92 valence electrons. The van der Waals surface area contributed by atoms with E-state index in [0.29, 0.717) is 6.42 Å². The van der Waals surface area contributed by atoms with E-state index in [0.717, 1.165) is 11.1 Å². The van der Waals surface area contributed by atoms with E-state index in [2.05, 4.69) is 12.1 Å². The first kappa shape index (κ1) is 13.1. The highest BCUT2D eigenvalue weighted by Crippen LogP contribution is 2.20. The maximum atomic E-state index is 10.8. The molecule has 2 nitrogen and oxygen atoms in total. The lowest BCUT2D eigenvalue weighted by molar-refractivity contribution is -0.135. The van der Waals surface area contributed by atoms with Crippen molar-refractivity contribution in [3.8, 4) is 11.1 Å². The number of carboxylic acid groups (broad SMARTS) is 1. The molecule has 1 atom stereocenters. The number of rotatable bonds is 4. The number of benzene rings is 2. The van der Waals surface area contributed by atoms with Crippen LogP contribution < -0.4 is 0 Å². The van der Waals surface area contributed by atoms with Gasteiger partial charge in [-0.3, -0.25) is 4.79 Å². The Hall–Kier alpha value is -1.36. The number of hydrogen-bond acceptors (Lipinski definition) is 1. The summed E-state index contributed by atoms with van der Waals surface area (Å²) in [5, 5.41) is 8.87. The lowest BCUT2D eigenvalue weighted by Crippen LogP contribution is -2.15. The average Bonchev–Trinajstić information content (AvgIpc) is 2.40. The Morgan fingerprint density at radius 1 is 1.00 bits per heavy atom. The van der Waals surface area contributed by atoms with Crippen LogP contribution >= 0.6 is 22.6 Å². The fourth-order valence-corrected chi connectivity index (χ4v) is 2.27. The average molecular weight is 352 g/mol. The summed E-state index contributed by atoms with van der Waals surface area (Å²) in [4.78, 5) is 10.8. The van der Waals surface area contributed by atoms with Crippen molar-refractivity contribution in [2.45, 2.75) is 10.3 Å². The molecule has 18 heavy (non-hydrogen) atoms. The summed E-state index contributed by atoms with van der Waals surface area (Å²) >= 11 is 1.96. The van der Waals surface area contributed by atoms with Crippen LogP contribution in [0.4, 0.5) is 0 Å². The minimum Gasteiger partial charge on any atom is -0.480 e. The first-order chi connectivity index (χ1) is 8.66. The van der Waals surface area contributed by atoms with Crippen LogP contribution in [0.1, 0.15) is 5.56 Å². The Kier molecular flexibility index (Phi) is 4.36. The van der Waals surface area contributed by atoms with Crippen LogP contribution in [0.5, 0.6) is 0 Å². The quantitative estimate of drug-likeness (QED) is 0.672. The first-order valence-corrected chi connectivity index (χ1v) is 6.92. The molecule has 1 N–H and O–H groups in total. The van der Waals surface area contributed by atoms with Gasteiger partial charge in [0.25, 0.3) is 0 Å². The van der Waals surface area contributed by atoms with Crippen LogP contribution in [0.2, 0.25) is 0 Å². The Morgan fingerprint density at radius 3 is 2.11 bits per heavy atom. The smallest absolute Gasteiger partial charge is 0.316 e. The van der Waals surface area contributed by atoms with Gasteiger partial charge in [0.2, 0.25) is 0 Å². The predicted octanol–water partition coefficient (Wildman–Crippen LogP) is 3.78. The van der Waals surface area contributed by atoms with Crippen molar-refractivity contribution < 1.29 is 9.90 Å². The Balaban J connectivity index is 2.13. The molecule has 2 rings (SSSR count). The molecule has 0 aromatic heterocycles. The van der Waals surface area contributed by atoms with E-state index >= 15 is 0 Å². The van der Waals surface area contributed by atoms with Crippen LogP contribution in [-0.2, 0) is 11.2 Å². The van der Waals surface area contributed by atoms with Crippen molar-refractivity contribution in [2.75, 3.05) is 0 Å². The van der Waals surface area contributed by atoms with Crippen LogP contribution in [0.25, 0.3) is 11.1 Å². The highest BCUT2D eigenvalue weighted by Gasteiger charge is 2.13. The molecule has 0 heterocycles. The lowest BCUT2D eigenvalue weighted by atomic mass is 10.0. The van der Waals surface area contributed by atoms with Gasteiger partial charge >= 0.3 is 5.97 Å². The van der Waals surface area contributed by atoms with Gasteiger partial charge in [-0.1, -0.05) is 77.2 Å². The van der Waals surface area contributed by atoms with Gasteiger partial charge in [0, 0.05) is 0 Å². The summed E-state index contributed by atoms with van der Waals surface area (Å²) in [5.41, 5.74) is 3.38. The van der Waals surface area contributed by atoms with Crippen molar-refractivity contribution in [1.29, 1.82) is 0 Å². The number of carboxylic acids is 1. The number of aliphatic carboxylic acids is 1. The van der Waals surface area contributed by atoms with Crippen molar-refractivity contribution in [3.05, 3.63) is 60.2 Å². The second-order valence-electron chi connectivity index (χ2n) is 4.07. The molecule has 0 fully saturated rings. The maximum absolute atomic E-state index is 10.8.